The zero-order valence-corrected chi connectivity index (χ0v) is 10.0. The number of alkyl halides is 3. The number of aliphatic hydroxyl groups excluding tert-OH is 1. The summed E-state index contributed by atoms with van der Waals surface area (Å²) < 4.78 is 37.9. The van der Waals surface area contributed by atoms with E-state index in [4.69, 9.17) is 22.4 Å². The van der Waals surface area contributed by atoms with E-state index in [1.54, 1.807) is 0 Å². The smallest absolute Gasteiger partial charge is 0.397 e. The van der Waals surface area contributed by atoms with Crippen molar-refractivity contribution in [2.45, 2.75) is 6.18 Å². The number of hydrogen-bond acceptors (Lipinski definition) is 5. The number of nitrogens with one attached hydrogen (secondary N) is 1. The van der Waals surface area contributed by atoms with Gasteiger partial charge >= 0.3 is 11.9 Å². The van der Waals surface area contributed by atoms with E-state index in [2.05, 4.69) is 5.32 Å². The quantitative estimate of drug-likeness (QED) is 0.449. The third kappa shape index (κ3) is 3.18. The lowest BCUT2D eigenvalue weighted by molar-refractivity contribution is -0.384. The monoisotopic (exact) mass is 299 g/mol. The van der Waals surface area contributed by atoms with E-state index < -0.39 is 33.1 Å². The van der Waals surface area contributed by atoms with Crippen molar-refractivity contribution in [2.24, 2.45) is 0 Å². The van der Waals surface area contributed by atoms with Crippen molar-refractivity contribution in [3.63, 3.8) is 0 Å². The molecule has 0 fully saturated rings. The predicted octanol–water partition coefficient (Wildman–Crippen LogP) is 2.25. The molecule has 1 aromatic carbocycles. The number of nitrogens with zero attached hydrogens (tertiary/aromatic N) is 1. The molecule has 0 unspecified atom stereocenters. The summed E-state index contributed by atoms with van der Waals surface area (Å²) in [6.07, 6.45) is -4.86. The van der Waals surface area contributed by atoms with E-state index in [1.165, 1.54) is 0 Å². The van der Waals surface area contributed by atoms with Crippen molar-refractivity contribution in [3.8, 4) is 0 Å². The molecular weight excluding hydrogens is 291 g/mol. The van der Waals surface area contributed by atoms with Crippen molar-refractivity contribution >= 4 is 28.7 Å². The molecule has 1 rings (SSSR count). The molecule has 0 aliphatic heterocycles. The van der Waals surface area contributed by atoms with Crippen LogP contribution in [0.3, 0.4) is 0 Å². The van der Waals surface area contributed by atoms with Gasteiger partial charge in [0.05, 0.1) is 22.8 Å². The number of nitrogens with two attached hydrogens (primary N) is 1. The molecule has 0 bridgehead atoms. The number of benzene rings is 1. The number of nitro benzene ring substituents is 1. The average Bonchev–Trinajstić information content (AvgIpc) is 2.27. The van der Waals surface area contributed by atoms with Crippen LogP contribution in [0.25, 0.3) is 0 Å². The first-order chi connectivity index (χ1) is 8.70. The topological polar surface area (TPSA) is 101 Å². The summed E-state index contributed by atoms with van der Waals surface area (Å²) in [6, 6.07) is 0.509. The van der Waals surface area contributed by atoms with Crippen molar-refractivity contribution in [1.29, 1.82) is 0 Å². The normalized spacial score (nSPS) is 11.4. The second-order valence-corrected chi connectivity index (χ2v) is 3.83. The first-order valence-corrected chi connectivity index (χ1v) is 5.26. The Kier molecular flexibility index (Phi) is 4.43. The van der Waals surface area contributed by atoms with Crippen LogP contribution in [0.5, 0.6) is 0 Å². The summed E-state index contributed by atoms with van der Waals surface area (Å²) in [4.78, 5) is 9.77. The third-order valence-electron chi connectivity index (χ3n) is 2.17. The van der Waals surface area contributed by atoms with Gasteiger partial charge in [0.2, 0.25) is 0 Å². The number of aliphatic hydroxyl groups is 1. The molecule has 0 heterocycles. The van der Waals surface area contributed by atoms with Gasteiger partial charge in [-0.2, -0.15) is 13.2 Å². The molecule has 0 aromatic heterocycles. The number of halogens is 4. The van der Waals surface area contributed by atoms with Gasteiger partial charge in [0.1, 0.15) is 10.7 Å². The van der Waals surface area contributed by atoms with Gasteiger partial charge in [-0.15, -0.1) is 0 Å². The Hall–Kier alpha value is -1.74. The van der Waals surface area contributed by atoms with Crippen LogP contribution < -0.4 is 11.1 Å². The van der Waals surface area contributed by atoms with Crippen LogP contribution in [0.2, 0.25) is 5.02 Å². The molecule has 0 radical (unpaired) electrons. The Bertz CT molecular complexity index is 508. The van der Waals surface area contributed by atoms with E-state index in [1.807, 2.05) is 0 Å². The van der Waals surface area contributed by atoms with E-state index in [9.17, 15) is 23.3 Å². The van der Waals surface area contributed by atoms with Gasteiger partial charge in [-0.05, 0) is 6.07 Å². The Balaban J connectivity index is 3.51. The summed E-state index contributed by atoms with van der Waals surface area (Å²) in [7, 11) is 0. The fourth-order valence-electron chi connectivity index (χ4n) is 1.41. The molecule has 0 saturated carbocycles. The number of rotatable bonds is 4. The lowest BCUT2D eigenvalue weighted by atomic mass is 10.1. The summed E-state index contributed by atoms with van der Waals surface area (Å²) >= 11 is 5.42. The minimum Gasteiger partial charge on any atom is -0.397 e. The van der Waals surface area contributed by atoms with Gasteiger partial charge in [-0.25, -0.2) is 0 Å². The summed E-state index contributed by atoms with van der Waals surface area (Å²) in [5, 5.41) is 20.8. The highest BCUT2D eigenvalue weighted by molar-refractivity contribution is 6.34. The molecule has 6 nitrogen and oxygen atoms in total. The first kappa shape index (κ1) is 15.3. The molecule has 0 aliphatic carbocycles. The van der Waals surface area contributed by atoms with E-state index >= 15 is 0 Å². The lowest BCUT2D eigenvalue weighted by Gasteiger charge is -2.14. The molecule has 0 aliphatic rings. The van der Waals surface area contributed by atoms with Crippen LogP contribution in [0.4, 0.5) is 30.2 Å². The average molecular weight is 300 g/mol. The van der Waals surface area contributed by atoms with Crippen molar-refractivity contribution < 1.29 is 23.2 Å². The maximum Gasteiger partial charge on any atom is 0.418 e. The van der Waals surface area contributed by atoms with Crippen molar-refractivity contribution in [3.05, 3.63) is 26.8 Å². The van der Waals surface area contributed by atoms with Gasteiger partial charge in [0.25, 0.3) is 0 Å². The van der Waals surface area contributed by atoms with Gasteiger partial charge in [0, 0.05) is 6.54 Å². The standard InChI is InChI=1S/C9H9ClF3N3O3/c10-6-4(9(11,12)13)3-5(14)7(15-1-2-17)8(6)16(18)19/h3,15,17H,1-2,14H2. The maximum atomic E-state index is 12.6. The zero-order valence-electron chi connectivity index (χ0n) is 9.29. The predicted molar refractivity (Wildman–Crippen MR) is 63.1 cm³/mol. The fourth-order valence-corrected chi connectivity index (χ4v) is 1.73. The lowest BCUT2D eigenvalue weighted by Crippen LogP contribution is -2.13. The Labute approximate surface area is 110 Å². The van der Waals surface area contributed by atoms with E-state index in [0.717, 1.165) is 0 Å². The zero-order chi connectivity index (χ0) is 14.8. The Morgan fingerprint density at radius 2 is 2.11 bits per heavy atom. The molecule has 19 heavy (non-hydrogen) atoms. The van der Waals surface area contributed by atoms with Crippen LogP contribution in [-0.2, 0) is 6.18 Å². The first-order valence-electron chi connectivity index (χ1n) is 4.88. The van der Waals surface area contributed by atoms with E-state index in [0.29, 0.717) is 6.07 Å². The summed E-state index contributed by atoms with van der Waals surface area (Å²) in [6.45, 7) is -0.498. The number of anilines is 2. The second kappa shape index (κ2) is 5.49. The van der Waals surface area contributed by atoms with Gasteiger partial charge < -0.3 is 16.2 Å². The largest absolute Gasteiger partial charge is 0.418 e. The maximum absolute atomic E-state index is 12.6. The van der Waals surface area contributed by atoms with E-state index in [-0.39, 0.29) is 18.8 Å². The highest BCUT2D eigenvalue weighted by Gasteiger charge is 2.38. The minimum absolute atomic E-state index is 0.118. The van der Waals surface area contributed by atoms with Crippen LogP contribution in [-0.4, -0.2) is 23.2 Å². The van der Waals surface area contributed by atoms with Crippen molar-refractivity contribution in [1.82, 2.24) is 0 Å². The molecule has 0 spiro atoms. The highest BCUT2D eigenvalue weighted by Crippen LogP contribution is 2.45. The molecule has 0 atom stereocenters. The molecule has 0 amide bonds. The van der Waals surface area contributed by atoms with Gasteiger partial charge in [-0.1, -0.05) is 11.6 Å². The highest BCUT2D eigenvalue weighted by atomic mass is 35.5. The molecule has 10 heteroatoms. The van der Waals surface area contributed by atoms with Gasteiger partial charge in [-0.3, -0.25) is 10.1 Å². The second-order valence-electron chi connectivity index (χ2n) is 3.46. The van der Waals surface area contributed by atoms with Crippen molar-refractivity contribution in [2.75, 3.05) is 24.2 Å². The third-order valence-corrected chi connectivity index (χ3v) is 2.55. The summed E-state index contributed by atoms with van der Waals surface area (Å²) in [5.74, 6) is 0. The molecule has 1 aromatic rings. The van der Waals surface area contributed by atoms with Crippen LogP contribution in [0, 0.1) is 10.1 Å². The molecular formula is C9H9ClF3N3O3. The van der Waals surface area contributed by atoms with Crippen LogP contribution in [0.15, 0.2) is 6.07 Å². The molecule has 4 N–H and O–H groups in total. The Morgan fingerprint density at radius 1 is 1.53 bits per heavy atom. The molecule has 0 saturated heterocycles. The SMILES string of the molecule is Nc1cc(C(F)(F)F)c(Cl)c([N+](=O)[O-])c1NCCO. The fraction of sp³-hybridized carbons (Fsp3) is 0.333. The number of nitrogen functional groups attached to an aromatic ring is 1. The number of hydrogen-bond donors (Lipinski definition) is 3. The van der Waals surface area contributed by atoms with Crippen LogP contribution in [0.1, 0.15) is 5.56 Å². The molecule has 106 valence electrons. The van der Waals surface area contributed by atoms with Gasteiger partial charge in [0.15, 0.2) is 0 Å². The minimum atomic E-state index is -4.86. The Morgan fingerprint density at radius 3 is 2.53 bits per heavy atom. The van der Waals surface area contributed by atoms with Crippen LogP contribution >= 0.6 is 11.6 Å². The summed E-state index contributed by atoms with van der Waals surface area (Å²) in [5.41, 5.74) is 2.18. The number of nitro groups is 1.